The molecule has 2 aromatic rings. The highest BCUT2D eigenvalue weighted by Gasteiger charge is 2.12. The van der Waals surface area contributed by atoms with Crippen molar-refractivity contribution in [3.63, 3.8) is 0 Å². The van der Waals surface area contributed by atoms with Gasteiger partial charge < -0.3 is 14.8 Å². The van der Waals surface area contributed by atoms with E-state index in [0.717, 1.165) is 11.3 Å². The molecule has 2 N–H and O–H groups in total. The fourth-order valence-electron chi connectivity index (χ4n) is 1.76. The summed E-state index contributed by atoms with van der Waals surface area (Å²) < 4.78 is 5.54. The maximum absolute atomic E-state index is 11.0. The van der Waals surface area contributed by atoms with Crippen molar-refractivity contribution in [2.75, 3.05) is 0 Å². The molecule has 0 unspecified atom stereocenters. The number of ether oxygens (including phenoxy) is 1. The van der Waals surface area contributed by atoms with Gasteiger partial charge in [-0.05, 0) is 31.5 Å². The zero-order valence-electron chi connectivity index (χ0n) is 10.3. The van der Waals surface area contributed by atoms with Gasteiger partial charge in [0.1, 0.15) is 5.75 Å². The number of hydrogen-bond donors (Lipinski definition) is 2. The third kappa shape index (κ3) is 2.53. The van der Waals surface area contributed by atoms with Crippen molar-refractivity contribution in [3.05, 3.63) is 42.2 Å². The van der Waals surface area contributed by atoms with Crippen LogP contribution in [0.1, 0.15) is 24.2 Å². The van der Waals surface area contributed by atoms with Gasteiger partial charge in [0, 0.05) is 18.0 Å². The Kier molecular flexibility index (Phi) is 3.37. The Bertz CT molecular complexity index is 540. The van der Waals surface area contributed by atoms with Crippen LogP contribution < -0.4 is 4.74 Å². The summed E-state index contributed by atoms with van der Waals surface area (Å²) in [6.07, 6.45) is 3.29. The van der Waals surface area contributed by atoms with Gasteiger partial charge in [0.2, 0.25) is 0 Å². The van der Waals surface area contributed by atoms with Crippen molar-refractivity contribution in [3.8, 4) is 16.9 Å². The van der Waals surface area contributed by atoms with E-state index in [-0.39, 0.29) is 11.7 Å². The number of carboxylic acid groups (broad SMARTS) is 1. The molecule has 1 aromatic heterocycles. The van der Waals surface area contributed by atoms with Gasteiger partial charge in [-0.25, -0.2) is 4.79 Å². The van der Waals surface area contributed by atoms with Crippen LogP contribution in [0, 0.1) is 0 Å². The quantitative estimate of drug-likeness (QED) is 0.869. The molecule has 0 aliphatic heterocycles. The second-order valence-electron chi connectivity index (χ2n) is 4.28. The van der Waals surface area contributed by atoms with E-state index < -0.39 is 5.97 Å². The van der Waals surface area contributed by atoms with E-state index in [1.165, 1.54) is 6.20 Å². The highest BCUT2D eigenvalue weighted by molar-refractivity contribution is 5.95. The molecule has 1 aromatic carbocycles. The molecule has 18 heavy (non-hydrogen) atoms. The molecule has 0 aliphatic rings. The van der Waals surface area contributed by atoms with Crippen molar-refractivity contribution in [2.45, 2.75) is 20.0 Å². The maximum Gasteiger partial charge on any atom is 0.337 e. The Hall–Kier alpha value is -2.23. The van der Waals surface area contributed by atoms with Crippen LogP contribution in [0.3, 0.4) is 0 Å². The standard InChI is InChI=1S/C14H15NO3/c1-9(2)18-11-5-3-10(4-6-11)12-7-15-8-13(12)14(16)17/h3-9,15H,1-2H3,(H,16,17). The fourth-order valence-corrected chi connectivity index (χ4v) is 1.76. The predicted molar refractivity (Wildman–Crippen MR) is 69.0 cm³/mol. The number of carbonyl (C=O) groups is 1. The number of aromatic amines is 1. The normalized spacial score (nSPS) is 10.6. The van der Waals surface area contributed by atoms with Crippen molar-refractivity contribution in [1.29, 1.82) is 0 Å². The van der Waals surface area contributed by atoms with Crippen LogP contribution in [0.4, 0.5) is 0 Å². The molecule has 2 rings (SSSR count). The lowest BCUT2D eigenvalue weighted by molar-refractivity contribution is 0.0698. The molecule has 0 fully saturated rings. The second kappa shape index (κ2) is 4.96. The smallest absolute Gasteiger partial charge is 0.337 e. The first-order valence-corrected chi connectivity index (χ1v) is 5.75. The van der Waals surface area contributed by atoms with Gasteiger partial charge >= 0.3 is 5.97 Å². The van der Waals surface area contributed by atoms with Crippen LogP contribution in [-0.2, 0) is 0 Å². The summed E-state index contributed by atoms with van der Waals surface area (Å²) in [7, 11) is 0. The molecule has 0 atom stereocenters. The summed E-state index contributed by atoms with van der Waals surface area (Å²) in [5, 5.41) is 9.04. The Morgan fingerprint density at radius 2 is 1.89 bits per heavy atom. The summed E-state index contributed by atoms with van der Waals surface area (Å²) in [5.41, 5.74) is 1.80. The average molecular weight is 245 g/mol. The molecular formula is C14H15NO3. The van der Waals surface area contributed by atoms with Gasteiger partial charge in [-0.2, -0.15) is 0 Å². The molecule has 0 radical (unpaired) electrons. The van der Waals surface area contributed by atoms with E-state index >= 15 is 0 Å². The Morgan fingerprint density at radius 3 is 2.44 bits per heavy atom. The van der Waals surface area contributed by atoms with Gasteiger partial charge in [0.25, 0.3) is 0 Å². The number of rotatable bonds is 4. The fraction of sp³-hybridized carbons (Fsp3) is 0.214. The molecule has 0 saturated heterocycles. The van der Waals surface area contributed by atoms with Gasteiger partial charge in [-0.15, -0.1) is 0 Å². The van der Waals surface area contributed by atoms with Crippen LogP contribution in [0.15, 0.2) is 36.7 Å². The summed E-state index contributed by atoms with van der Waals surface area (Å²) in [5.74, 6) is -0.157. The van der Waals surface area contributed by atoms with E-state index in [2.05, 4.69) is 4.98 Å². The van der Waals surface area contributed by atoms with Crippen LogP contribution in [0.5, 0.6) is 5.75 Å². The van der Waals surface area contributed by atoms with Gasteiger partial charge in [0.05, 0.1) is 11.7 Å². The van der Waals surface area contributed by atoms with Gasteiger partial charge in [-0.3, -0.25) is 0 Å². The Labute approximate surface area is 105 Å². The molecule has 0 amide bonds. The molecule has 0 spiro atoms. The number of hydrogen-bond acceptors (Lipinski definition) is 2. The lowest BCUT2D eigenvalue weighted by atomic mass is 10.0. The lowest BCUT2D eigenvalue weighted by Gasteiger charge is -2.10. The summed E-state index contributed by atoms with van der Waals surface area (Å²) in [4.78, 5) is 13.8. The van der Waals surface area contributed by atoms with E-state index in [1.807, 2.05) is 38.1 Å². The maximum atomic E-state index is 11.0. The lowest BCUT2D eigenvalue weighted by Crippen LogP contribution is -2.05. The van der Waals surface area contributed by atoms with Crippen LogP contribution in [0.25, 0.3) is 11.1 Å². The molecular weight excluding hydrogens is 230 g/mol. The molecule has 4 heteroatoms. The first-order chi connectivity index (χ1) is 8.58. The Morgan fingerprint density at radius 1 is 1.22 bits per heavy atom. The van der Waals surface area contributed by atoms with E-state index in [1.54, 1.807) is 6.20 Å². The third-order valence-corrected chi connectivity index (χ3v) is 2.51. The summed E-state index contributed by atoms with van der Waals surface area (Å²) in [6.45, 7) is 3.92. The average Bonchev–Trinajstić information content (AvgIpc) is 2.78. The van der Waals surface area contributed by atoms with Crippen LogP contribution in [-0.4, -0.2) is 22.2 Å². The minimum atomic E-state index is -0.936. The van der Waals surface area contributed by atoms with Gasteiger partial charge in [-0.1, -0.05) is 12.1 Å². The largest absolute Gasteiger partial charge is 0.491 e. The van der Waals surface area contributed by atoms with Crippen molar-refractivity contribution in [1.82, 2.24) is 4.98 Å². The summed E-state index contributed by atoms with van der Waals surface area (Å²) >= 11 is 0. The number of aromatic nitrogens is 1. The molecule has 4 nitrogen and oxygen atoms in total. The molecule has 0 aliphatic carbocycles. The van der Waals surface area contributed by atoms with Crippen molar-refractivity contribution >= 4 is 5.97 Å². The third-order valence-electron chi connectivity index (χ3n) is 2.51. The van der Waals surface area contributed by atoms with Crippen LogP contribution in [0.2, 0.25) is 0 Å². The first-order valence-electron chi connectivity index (χ1n) is 5.75. The zero-order chi connectivity index (χ0) is 13.1. The Balaban J connectivity index is 2.29. The highest BCUT2D eigenvalue weighted by atomic mass is 16.5. The SMILES string of the molecule is CC(C)Oc1ccc(-c2c[nH]cc2C(=O)O)cc1. The molecule has 94 valence electrons. The zero-order valence-corrected chi connectivity index (χ0v) is 10.3. The van der Waals surface area contributed by atoms with E-state index in [4.69, 9.17) is 9.84 Å². The second-order valence-corrected chi connectivity index (χ2v) is 4.28. The monoisotopic (exact) mass is 245 g/mol. The molecule has 0 saturated carbocycles. The number of carboxylic acids is 1. The van der Waals surface area contributed by atoms with Crippen LogP contribution >= 0.6 is 0 Å². The molecule has 1 heterocycles. The first kappa shape index (κ1) is 12.2. The van der Waals surface area contributed by atoms with Crippen molar-refractivity contribution in [2.24, 2.45) is 0 Å². The number of benzene rings is 1. The number of H-pyrrole nitrogens is 1. The predicted octanol–water partition coefficient (Wildman–Crippen LogP) is 3.17. The van der Waals surface area contributed by atoms with E-state index in [9.17, 15) is 4.79 Å². The molecule has 0 bridgehead atoms. The van der Waals surface area contributed by atoms with Gasteiger partial charge in [0.15, 0.2) is 0 Å². The minimum absolute atomic E-state index is 0.123. The number of nitrogens with one attached hydrogen (secondary N) is 1. The number of aromatic carboxylic acids is 1. The van der Waals surface area contributed by atoms with E-state index in [0.29, 0.717) is 5.56 Å². The minimum Gasteiger partial charge on any atom is -0.491 e. The topological polar surface area (TPSA) is 62.3 Å². The van der Waals surface area contributed by atoms with Crippen molar-refractivity contribution < 1.29 is 14.6 Å². The highest BCUT2D eigenvalue weighted by Crippen LogP contribution is 2.26. The summed E-state index contributed by atoms with van der Waals surface area (Å²) in [6, 6.07) is 7.39.